The number of carbonyl (C=O) groups excluding carboxylic acids is 1. The first kappa shape index (κ1) is 10.4. The molecule has 0 aromatic carbocycles. The largest absolute Gasteiger partial charge is 0.277 e. The van der Waals surface area contributed by atoms with Gasteiger partial charge < -0.3 is 0 Å². The van der Waals surface area contributed by atoms with Crippen LogP contribution in [0.15, 0.2) is 0 Å². The zero-order chi connectivity index (χ0) is 8.53. The van der Waals surface area contributed by atoms with Crippen LogP contribution < -0.4 is 5.48 Å². The van der Waals surface area contributed by atoms with Crippen molar-refractivity contribution in [2.24, 2.45) is 0 Å². The first-order chi connectivity index (χ1) is 5.31. The summed E-state index contributed by atoms with van der Waals surface area (Å²) in [6.45, 7) is 2.15. The van der Waals surface area contributed by atoms with Gasteiger partial charge in [0.15, 0.2) is 0 Å². The summed E-state index contributed by atoms with van der Waals surface area (Å²) in [5.41, 5.74) is 2.28. The Balaban J connectivity index is 3.04. The summed E-state index contributed by atoms with van der Waals surface area (Å²) >= 11 is 0. The number of hydrogen-bond acceptors (Lipinski definition) is 2. The van der Waals surface area contributed by atoms with Gasteiger partial charge in [-0.15, -0.1) is 0 Å². The van der Waals surface area contributed by atoms with Gasteiger partial charge in [0.2, 0.25) is 5.91 Å². The predicted octanol–water partition coefficient (Wildman–Crippen LogP) is 1.63. The molecule has 0 rings (SSSR count). The number of rotatable bonds is 6. The maximum absolute atomic E-state index is 10.8. The van der Waals surface area contributed by atoms with Gasteiger partial charge in [-0.05, 0) is 6.42 Å². The molecule has 0 aromatic rings. The van der Waals surface area contributed by atoms with Crippen LogP contribution in [0.25, 0.3) is 0 Å². The molecule has 0 aliphatic carbocycles. The van der Waals surface area contributed by atoms with E-state index in [9.17, 15) is 4.79 Å². The first-order valence-corrected chi connectivity index (χ1v) is 4.13. The topological polar surface area (TPSA) is 38.3 Å². The molecule has 0 saturated carbocycles. The molecule has 3 heteroatoms. The van der Waals surface area contributed by atoms with E-state index in [0.717, 1.165) is 12.8 Å². The Morgan fingerprint density at radius 2 is 2.09 bits per heavy atom. The number of hydrogen-bond donors (Lipinski definition) is 1. The van der Waals surface area contributed by atoms with Gasteiger partial charge in [0.25, 0.3) is 0 Å². The monoisotopic (exact) mass is 159 g/mol. The van der Waals surface area contributed by atoms with Crippen LogP contribution in [0.1, 0.15) is 39.0 Å². The molecule has 11 heavy (non-hydrogen) atoms. The van der Waals surface area contributed by atoms with E-state index in [2.05, 4.69) is 17.2 Å². The van der Waals surface area contributed by atoms with Gasteiger partial charge in [-0.2, -0.15) is 0 Å². The van der Waals surface area contributed by atoms with E-state index in [1.165, 1.54) is 20.0 Å². The van der Waals surface area contributed by atoms with E-state index >= 15 is 0 Å². The fourth-order valence-corrected chi connectivity index (χ4v) is 0.877. The van der Waals surface area contributed by atoms with Gasteiger partial charge in [0, 0.05) is 6.42 Å². The SMILES string of the molecule is CCCCCCC(=O)NOC. The van der Waals surface area contributed by atoms with Crippen LogP contribution in [0.4, 0.5) is 0 Å². The minimum absolute atomic E-state index is 0.0244. The molecule has 0 atom stereocenters. The Labute approximate surface area is 68.1 Å². The minimum Gasteiger partial charge on any atom is -0.277 e. The van der Waals surface area contributed by atoms with E-state index in [1.807, 2.05) is 0 Å². The summed E-state index contributed by atoms with van der Waals surface area (Å²) in [6, 6.07) is 0. The third-order valence-electron chi connectivity index (χ3n) is 1.47. The van der Waals surface area contributed by atoms with Crippen LogP contribution in [0.2, 0.25) is 0 Å². The molecule has 0 aromatic heterocycles. The molecule has 1 N–H and O–H groups in total. The first-order valence-electron chi connectivity index (χ1n) is 4.13. The van der Waals surface area contributed by atoms with Crippen LogP contribution in [-0.2, 0) is 9.63 Å². The molecule has 1 amide bonds. The minimum atomic E-state index is -0.0244. The van der Waals surface area contributed by atoms with E-state index < -0.39 is 0 Å². The molecule has 0 unspecified atom stereocenters. The number of nitrogens with one attached hydrogen (secondary N) is 1. The zero-order valence-corrected chi connectivity index (χ0v) is 7.35. The van der Waals surface area contributed by atoms with Crippen molar-refractivity contribution in [3.63, 3.8) is 0 Å². The summed E-state index contributed by atoms with van der Waals surface area (Å²) in [5, 5.41) is 0. The van der Waals surface area contributed by atoms with Crippen LogP contribution in [0, 0.1) is 0 Å². The fourth-order valence-electron chi connectivity index (χ4n) is 0.877. The van der Waals surface area contributed by atoms with Crippen LogP contribution in [0.3, 0.4) is 0 Å². The average Bonchev–Trinajstić information content (AvgIpc) is 1.99. The second-order valence-electron chi connectivity index (χ2n) is 2.54. The molecule has 0 saturated heterocycles. The molecule has 0 fully saturated rings. The van der Waals surface area contributed by atoms with Crippen LogP contribution >= 0.6 is 0 Å². The van der Waals surface area contributed by atoms with Gasteiger partial charge in [0.05, 0.1) is 7.11 Å². The molecule has 0 spiro atoms. The summed E-state index contributed by atoms with van der Waals surface area (Å²) in [4.78, 5) is 15.2. The highest BCUT2D eigenvalue weighted by molar-refractivity contribution is 5.74. The third kappa shape index (κ3) is 7.33. The van der Waals surface area contributed by atoms with Gasteiger partial charge in [-0.25, -0.2) is 5.48 Å². The number of hydroxylamine groups is 1. The Morgan fingerprint density at radius 3 is 2.64 bits per heavy atom. The summed E-state index contributed by atoms with van der Waals surface area (Å²) in [6.07, 6.45) is 5.08. The lowest BCUT2D eigenvalue weighted by Crippen LogP contribution is -2.21. The molecule has 0 radical (unpaired) electrons. The smallest absolute Gasteiger partial charge is 0.243 e. The van der Waals surface area contributed by atoms with Crippen molar-refractivity contribution in [1.29, 1.82) is 0 Å². The molecule has 0 heterocycles. The number of unbranched alkanes of at least 4 members (excludes halogenated alkanes) is 3. The number of amides is 1. The van der Waals surface area contributed by atoms with Crippen molar-refractivity contribution in [3.8, 4) is 0 Å². The molecule has 66 valence electrons. The lowest BCUT2D eigenvalue weighted by atomic mass is 10.1. The van der Waals surface area contributed by atoms with Gasteiger partial charge >= 0.3 is 0 Å². The average molecular weight is 159 g/mol. The zero-order valence-electron chi connectivity index (χ0n) is 7.35. The lowest BCUT2D eigenvalue weighted by Gasteiger charge is -2.00. The van der Waals surface area contributed by atoms with Gasteiger partial charge in [0.1, 0.15) is 0 Å². The second-order valence-corrected chi connectivity index (χ2v) is 2.54. The maximum atomic E-state index is 10.8. The highest BCUT2D eigenvalue weighted by atomic mass is 16.6. The van der Waals surface area contributed by atoms with Crippen LogP contribution in [0.5, 0.6) is 0 Å². The molecule has 0 bridgehead atoms. The second kappa shape index (κ2) is 7.54. The Hall–Kier alpha value is -0.570. The third-order valence-corrected chi connectivity index (χ3v) is 1.47. The Kier molecular flexibility index (Phi) is 7.15. The summed E-state index contributed by atoms with van der Waals surface area (Å²) in [7, 11) is 1.45. The lowest BCUT2D eigenvalue weighted by molar-refractivity contribution is -0.131. The quantitative estimate of drug-likeness (QED) is 0.472. The fraction of sp³-hybridized carbons (Fsp3) is 0.875. The Morgan fingerprint density at radius 1 is 1.36 bits per heavy atom. The summed E-state index contributed by atoms with van der Waals surface area (Å²) in [5.74, 6) is -0.0244. The molecule has 3 nitrogen and oxygen atoms in total. The van der Waals surface area contributed by atoms with Gasteiger partial charge in [-0.3, -0.25) is 9.63 Å². The normalized spacial score (nSPS) is 9.64. The van der Waals surface area contributed by atoms with Crippen molar-refractivity contribution in [3.05, 3.63) is 0 Å². The van der Waals surface area contributed by atoms with E-state index in [0.29, 0.717) is 6.42 Å². The van der Waals surface area contributed by atoms with Crippen LogP contribution in [-0.4, -0.2) is 13.0 Å². The molecular weight excluding hydrogens is 142 g/mol. The Bertz CT molecular complexity index is 104. The standard InChI is InChI=1S/C8H17NO2/c1-3-4-5-6-7-8(10)9-11-2/h3-7H2,1-2H3,(H,9,10). The molecular formula is C8H17NO2. The van der Waals surface area contributed by atoms with Crippen molar-refractivity contribution >= 4 is 5.91 Å². The van der Waals surface area contributed by atoms with Crippen molar-refractivity contribution in [2.75, 3.05) is 7.11 Å². The van der Waals surface area contributed by atoms with Crippen molar-refractivity contribution < 1.29 is 9.63 Å². The van der Waals surface area contributed by atoms with Gasteiger partial charge in [-0.1, -0.05) is 26.2 Å². The highest BCUT2D eigenvalue weighted by Gasteiger charge is 1.97. The van der Waals surface area contributed by atoms with E-state index in [-0.39, 0.29) is 5.91 Å². The van der Waals surface area contributed by atoms with E-state index in [4.69, 9.17) is 0 Å². The maximum Gasteiger partial charge on any atom is 0.243 e. The van der Waals surface area contributed by atoms with Crippen molar-refractivity contribution in [1.82, 2.24) is 5.48 Å². The molecule has 0 aliphatic rings. The van der Waals surface area contributed by atoms with Crippen molar-refractivity contribution in [2.45, 2.75) is 39.0 Å². The molecule has 0 aliphatic heterocycles. The predicted molar refractivity (Wildman–Crippen MR) is 43.9 cm³/mol. The summed E-state index contributed by atoms with van der Waals surface area (Å²) < 4.78 is 0. The van der Waals surface area contributed by atoms with E-state index in [1.54, 1.807) is 0 Å². The highest BCUT2D eigenvalue weighted by Crippen LogP contribution is 2.01. The number of carbonyl (C=O) groups is 1.